The monoisotopic (exact) mass is 586 g/mol. The van der Waals surface area contributed by atoms with Gasteiger partial charge in [0.2, 0.25) is 0 Å². The van der Waals surface area contributed by atoms with Crippen molar-refractivity contribution in [1.29, 1.82) is 0 Å². The van der Waals surface area contributed by atoms with Crippen molar-refractivity contribution in [3.63, 3.8) is 0 Å². The van der Waals surface area contributed by atoms with Gasteiger partial charge in [0.15, 0.2) is 0 Å². The minimum Gasteiger partial charge on any atom is -0.322 e. The summed E-state index contributed by atoms with van der Waals surface area (Å²) >= 11 is 0. The van der Waals surface area contributed by atoms with Crippen molar-refractivity contribution in [3.05, 3.63) is 100 Å². The summed E-state index contributed by atoms with van der Waals surface area (Å²) in [5, 5.41) is 4.65. The predicted octanol–water partition coefficient (Wildman–Crippen LogP) is 5.20. The zero-order valence-corrected chi connectivity index (χ0v) is 22.2. The van der Waals surface area contributed by atoms with Gasteiger partial charge in [0.05, 0.1) is 11.3 Å². The number of urea groups is 2. The molecule has 0 aromatic heterocycles. The number of hydrogen-bond donors (Lipinski definition) is 2. The summed E-state index contributed by atoms with van der Waals surface area (Å²) in [6.07, 6.45) is -4.84. The summed E-state index contributed by atoms with van der Waals surface area (Å²) in [5.74, 6) is -3.39. The van der Waals surface area contributed by atoms with E-state index < -0.39 is 64.5 Å². The van der Waals surface area contributed by atoms with Gasteiger partial charge >= 0.3 is 18.2 Å². The van der Waals surface area contributed by atoms with Crippen LogP contribution in [0.4, 0.5) is 37.2 Å². The molecule has 1 unspecified atom stereocenters. The summed E-state index contributed by atoms with van der Waals surface area (Å²) in [7, 11) is 0. The zero-order chi connectivity index (χ0) is 30.6. The van der Waals surface area contributed by atoms with E-state index in [1.807, 2.05) is 0 Å². The predicted molar refractivity (Wildman–Crippen MR) is 139 cm³/mol. The molecule has 2 fully saturated rings. The Morgan fingerprint density at radius 2 is 1.57 bits per heavy atom. The van der Waals surface area contributed by atoms with Crippen molar-refractivity contribution in [2.24, 2.45) is 0 Å². The molecule has 218 valence electrons. The number of nitrogens with one attached hydrogen (secondary N) is 2. The molecule has 0 bridgehead atoms. The van der Waals surface area contributed by atoms with Gasteiger partial charge in [0.25, 0.3) is 11.8 Å². The van der Waals surface area contributed by atoms with Crippen LogP contribution in [0.3, 0.4) is 0 Å². The van der Waals surface area contributed by atoms with E-state index in [1.54, 1.807) is 24.3 Å². The third kappa shape index (κ3) is 5.17. The number of carbonyl (C=O) groups excluding carboxylic acids is 4. The van der Waals surface area contributed by atoms with Crippen LogP contribution in [0.25, 0.3) is 0 Å². The van der Waals surface area contributed by atoms with Gasteiger partial charge in [-0.3, -0.25) is 14.9 Å². The van der Waals surface area contributed by atoms with Crippen LogP contribution in [0.15, 0.2) is 60.7 Å². The average Bonchev–Trinajstić information content (AvgIpc) is 3.33. The second kappa shape index (κ2) is 10.2. The Morgan fingerprint density at radius 1 is 0.881 bits per heavy atom. The van der Waals surface area contributed by atoms with Crippen molar-refractivity contribution in [3.8, 4) is 0 Å². The summed E-state index contributed by atoms with van der Waals surface area (Å²) < 4.78 is 68.1. The van der Waals surface area contributed by atoms with Crippen molar-refractivity contribution < 1.29 is 41.1 Å². The van der Waals surface area contributed by atoms with Gasteiger partial charge in [-0.2, -0.15) is 13.2 Å². The van der Waals surface area contributed by atoms with E-state index in [4.69, 9.17) is 0 Å². The second-order valence-electron chi connectivity index (χ2n) is 10.5. The molecule has 2 N–H and O–H groups in total. The first-order valence-corrected chi connectivity index (χ1v) is 12.7. The van der Waals surface area contributed by atoms with Crippen molar-refractivity contribution in [1.82, 2.24) is 15.5 Å². The van der Waals surface area contributed by atoms with E-state index >= 15 is 0 Å². The molecule has 0 radical (unpaired) electrons. The molecule has 42 heavy (non-hydrogen) atoms. The van der Waals surface area contributed by atoms with Gasteiger partial charge in [-0.15, -0.1) is 0 Å². The van der Waals surface area contributed by atoms with Crippen molar-refractivity contribution >= 4 is 29.6 Å². The number of hydrogen-bond acceptors (Lipinski definition) is 4. The highest BCUT2D eigenvalue weighted by molar-refractivity contribution is 6.23. The van der Waals surface area contributed by atoms with E-state index in [0.717, 1.165) is 11.0 Å². The van der Waals surface area contributed by atoms with E-state index in [9.17, 15) is 41.1 Å². The summed E-state index contributed by atoms with van der Waals surface area (Å²) in [6, 6.07) is 10.1. The average molecular weight is 587 g/mol. The molecule has 2 aliphatic heterocycles. The maximum atomic E-state index is 14.3. The quantitative estimate of drug-likeness (QED) is 0.307. The topological polar surface area (TPSA) is 98.8 Å². The molecule has 2 aliphatic rings. The van der Waals surface area contributed by atoms with Gasteiger partial charge in [0, 0.05) is 6.54 Å². The van der Waals surface area contributed by atoms with Gasteiger partial charge in [0.1, 0.15) is 23.2 Å². The van der Waals surface area contributed by atoms with Gasteiger partial charge < -0.3 is 10.2 Å². The molecule has 3 aromatic carbocycles. The molecule has 1 atom stereocenters. The third-order valence-corrected chi connectivity index (χ3v) is 7.32. The number of halogens is 5. The summed E-state index contributed by atoms with van der Waals surface area (Å²) in [5.41, 5.74) is -1.33. The van der Waals surface area contributed by atoms with Crippen LogP contribution >= 0.6 is 0 Å². The number of benzene rings is 3. The fourth-order valence-electron chi connectivity index (χ4n) is 4.98. The number of nitrogens with zero attached hydrogens (tertiary/aromatic N) is 2. The second-order valence-corrected chi connectivity index (χ2v) is 10.5. The van der Waals surface area contributed by atoms with Crippen LogP contribution in [-0.2, 0) is 28.7 Å². The highest BCUT2D eigenvalue weighted by Gasteiger charge is 2.52. The molecule has 0 saturated carbocycles. The van der Waals surface area contributed by atoms with Crippen LogP contribution in [-0.4, -0.2) is 34.3 Å². The molecule has 6 amide bonds. The van der Waals surface area contributed by atoms with Crippen molar-refractivity contribution in [2.75, 3.05) is 4.90 Å². The fourth-order valence-corrected chi connectivity index (χ4v) is 4.98. The van der Waals surface area contributed by atoms with Crippen LogP contribution in [0.5, 0.6) is 0 Å². The Morgan fingerprint density at radius 3 is 2.19 bits per heavy atom. The fraction of sp³-hybridized carbons (Fsp3) is 0.241. The first-order valence-electron chi connectivity index (χ1n) is 12.7. The Bertz CT molecular complexity index is 1620. The van der Waals surface area contributed by atoms with Crippen LogP contribution in [0.1, 0.15) is 47.7 Å². The lowest BCUT2D eigenvalue weighted by molar-refractivity contribution is -0.140. The molecule has 8 nitrogen and oxygen atoms in total. The highest BCUT2D eigenvalue weighted by Crippen LogP contribution is 2.38. The molecule has 5 rings (SSSR count). The van der Waals surface area contributed by atoms with Gasteiger partial charge in [-0.25, -0.2) is 23.3 Å². The normalized spacial score (nSPS) is 18.5. The molecule has 2 heterocycles. The first kappa shape index (κ1) is 28.7. The standard InChI is InChI=1S/C29H23F5N4O4/c1-28(2)25(40)38(20-9-10-22(31)21(13-20)29(32,33)34)27(42)37(28)14-17-7-8-19(30)12-18(17)11-15-3-5-16(6-4-15)23-24(39)36-26(41)35-23/h3-10,12-13,23H,11,14H2,1-2H3,(H2,35,36,39,41). The number of anilines is 1. The molecule has 2 saturated heterocycles. The molecular weight excluding hydrogens is 563 g/mol. The number of rotatable bonds is 6. The Labute approximate surface area is 236 Å². The van der Waals surface area contributed by atoms with Gasteiger partial charge in [-0.05, 0) is 72.9 Å². The lowest BCUT2D eigenvalue weighted by atomic mass is 9.96. The van der Waals surface area contributed by atoms with E-state index in [0.29, 0.717) is 39.3 Å². The molecule has 13 heteroatoms. The molecule has 0 spiro atoms. The molecule has 0 aliphatic carbocycles. The SMILES string of the molecule is CC1(C)C(=O)N(c2ccc(F)c(C(F)(F)F)c2)C(=O)N1Cc1ccc(F)cc1Cc1ccc(C2NC(=O)NC2=O)cc1. The third-order valence-electron chi connectivity index (χ3n) is 7.32. The van der Waals surface area contributed by atoms with E-state index in [2.05, 4.69) is 10.6 Å². The van der Waals surface area contributed by atoms with Crippen molar-refractivity contribution in [2.45, 2.75) is 44.6 Å². The van der Waals surface area contributed by atoms with Crippen LogP contribution < -0.4 is 15.5 Å². The molecular formula is C29H23F5N4O4. The van der Waals surface area contributed by atoms with Gasteiger partial charge in [-0.1, -0.05) is 30.3 Å². The number of amides is 6. The highest BCUT2D eigenvalue weighted by atomic mass is 19.4. The van der Waals surface area contributed by atoms with E-state index in [1.165, 1.54) is 32.0 Å². The van der Waals surface area contributed by atoms with Crippen LogP contribution in [0, 0.1) is 11.6 Å². The zero-order valence-electron chi connectivity index (χ0n) is 22.2. The Kier molecular flexibility index (Phi) is 6.99. The number of imide groups is 2. The Hall–Kier alpha value is -4.81. The maximum Gasteiger partial charge on any atom is 0.419 e. The lowest BCUT2D eigenvalue weighted by Crippen LogP contribution is -2.43. The number of alkyl halides is 3. The minimum absolute atomic E-state index is 0.177. The van der Waals surface area contributed by atoms with Crippen LogP contribution in [0.2, 0.25) is 0 Å². The number of carbonyl (C=O) groups is 4. The minimum atomic E-state index is -5.04. The molecule has 3 aromatic rings. The first-order chi connectivity index (χ1) is 19.7. The summed E-state index contributed by atoms with van der Waals surface area (Å²) in [4.78, 5) is 51.8. The Balaban J connectivity index is 1.41. The lowest BCUT2D eigenvalue weighted by Gasteiger charge is -2.28. The summed E-state index contributed by atoms with van der Waals surface area (Å²) in [6.45, 7) is 2.69. The smallest absolute Gasteiger partial charge is 0.322 e. The van der Waals surface area contributed by atoms with E-state index in [-0.39, 0.29) is 13.0 Å². The largest absolute Gasteiger partial charge is 0.419 e. The maximum absolute atomic E-state index is 14.3.